The minimum Gasteiger partial charge on any atom is -0.329 e. The van der Waals surface area contributed by atoms with Crippen molar-refractivity contribution >= 4 is 39.3 Å². The van der Waals surface area contributed by atoms with E-state index in [1.807, 2.05) is 12.3 Å². The molecule has 0 amide bonds. The standard InChI is InChI=1S/C14H19BrN4S/c1-18(2)14(5-3-4-6-14)9-19-12-11(17-13(19)20)7-10(15)8-16-12/h7-8H,3-6,9H2,1-2H3,(H,17,20). The molecule has 6 heteroatoms. The molecule has 1 N–H and O–H groups in total. The minimum absolute atomic E-state index is 0.210. The van der Waals surface area contributed by atoms with Crippen LogP contribution in [0.2, 0.25) is 0 Å². The van der Waals surface area contributed by atoms with Crippen molar-refractivity contribution in [1.29, 1.82) is 0 Å². The first-order chi connectivity index (χ1) is 9.52. The highest BCUT2D eigenvalue weighted by Gasteiger charge is 2.36. The van der Waals surface area contributed by atoms with Crippen LogP contribution < -0.4 is 0 Å². The second-order valence-electron chi connectivity index (χ2n) is 5.87. The van der Waals surface area contributed by atoms with Crippen molar-refractivity contribution in [1.82, 2.24) is 19.4 Å². The van der Waals surface area contributed by atoms with E-state index in [2.05, 4.69) is 49.5 Å². The molecule has 0 radical (unpaired) electrons. The van der Waals surface area contributed by atoms with Gasteiger partial charge in [-0.1, -0.05) is 12.8 Å². The van der Waals surface area contributed by atoms with Crippen LogP contribution in [-0.2, 0) is 6.54 Å². The summed E-state index contributed by atoms with van der Waals surface area (Å²) in [5.74, 6) is 0. The Morgan fingerprint density at radius 1 is 1.45 bits per heavy atom. The molecule has 2 aromatic rings. The molecule has 1 aliphatic rings. The highest BCUT2D eigenvalue weighted by molar-refractivity contribution is 9.10. The maximum atomic E-state index is 5.50. The molecule has 2 aromatic heterocycles. The Morgan fingerprint density at radius 3 is 2.80 bits per heavy atom. The monoisotopic (exact) mass is 354 g/mol. The van der Waals surface area contributed by atoms with E-state index in [4.69, 9.17) is 12.2 Å². The Hall–Kier alpha value is -0.720. The quantitative estimate of drug-likeness (QED) is 0.853. The number of aromatic amines is 1. The molecular weight excluding hydrogens is 336 g/mol. The van der Waals surface area contributed by atoms with Gasteiger partial charge in [-0.25, -0.2) is 4.98 Å². The summed E-state index contributed by atoms with van der Waals surface area (Å²) in [5, 5.41) is 0. The lowest BCUT2D eigenvalue weighted by Gasteiger charge is -2.36. The van der Waals surface area contributed by atoms with Crippen LogP contribution in [0.5, 0.6) is 0 Å². The molecule has 0 atom stereocenters. The zero-order chi connectivity index (χ0) is 14.3. The van der Waals surface area contributed by atoms with E-state index in [0.717, 1.165) is 27.0 Å². The number of aromatic nitrogens is 3. The van der Waals surface area contributed by atoms with E-state index < -0.39 is 0 Å². The topological polar surface area (TPSA) is 36.9 Å². The van der Waals surface area contributed by atoms with Gasteiger partial charge in [0.15, 0.2) is 10.4 Å². The van der Waals surface area contributed by atoms with Gasteiger partial charge < -0.3 is 9.88 Å². The maximum Gasteiger partial charge on any atom is 0.179 e. The van der Waals surface area contributed by atoms with Crippen molar-refractivity contribution in [3.8, 4) is 0 Å². The number of fused-ring (bicyclic) bond motifs is 1. The van der Waals surface area contributed by atoms with Crippen molar-refractivity contribution in [2.24, 2.45) is 0 Å². The van der Waals surface area contributed by atoms with Crippen molar-refractivity contribution in [3.05, 3.63) is 21.5 Å². The molecule has 0 aromatic carbocycles. The lowest BCUT2D eigenvalue weighted by atomic mass is 9.96. The largest absolute Gasteiger partial charge is 0.329 e. The molecule has 108 valence electrons. The van der Waals surface area contributed by atoms with Gasteiger partial charge in [-0.05, 0) is 61.2 Å². The molecule has 1 saturated carbocycles. The van der Waals surface area contributed by atoms with Gasteiger partial charge in [0.2, 0.25) is 0 Å². The number of halogens is 1. The van der Waals surface area contributed by atoms with E-state index in [-0.39, 0.29) is 5.54 Å². The van der Waals surface area contributed by atoms with Gasteiger partial charge in [0.05, 0.1) is 5.52 Å². The number of imidazole rings is 1. The van der Waals surface area contributed by atoms with Crippen LogP contribution in [0.25, 0.3) is 11.2 Å². The smallest absolute Gasteiger partial charge is 0.179 e. The molecule has 0 unspecified atom stereocenters. The fraction of sp³-hybridized carbons (Fsp3) is 0.571. The molecule has 0 bridgehead atoms. The van der Waals surface area contributed by atoms with Gasteiger partial charge in [0.1, 0.15) is 0 Å². The lowest BCUT2D eigenvalue weighted by molar-refractivity contribution is 0.134. The Kier molecular flexibility index (Phi) is 3.73. The first-order valence-electron chi connectivity index (χ1n) is 6.93. The number of likely N-dealkylation sites (N-methyl/N-ethyl adjacent to an activating group) is 1. The molecule has 3 rings (SSSR count). The van der Waals surface area contributed by atoms with Crippen LogP contribution in [0.4, 0.5) is 0 Å². The Bertz CT molecular complexity index is 682. The summed E-state index contributed by atoms with van der Waals surface area (Å²) >= 11 is 8.95. The number of hydrogen-bond acceptors (Lipinski definition) is 3. The number of pyridine rings is 1. The second-order valence-corrected chi connectivity index (χ2v) is 7.17. The lowest BCUT2D eigenvalue weighted by Crippen LogP contribution is -2.45. The van der Waals surface area contributed by atoms with E-state index in [1.54, 1.807) is 0 Å². The fourth-order valence-corrected chi connectivity index (χ4v) is 3.83. The van der Waals surface area contributed by atoms with Gasteiger partial charge in [0.25, 0.3) is 0 Å². The van der Waals surface area contributed by atoms with Gasteiger partial charge in [-0.15, -0.1) is 0 Å². The van der Waals surface area contributed by atoms with Crippen molar-refractivity contribution in [3.63, 3.8) is 0 Å². The fourth-order valence-electron chi connectivity index (χ4n) is 3.24. The van der Waals surface area contributed by atoms with Crippen molar-refractivity contribution in [2.75, 3.05) is 14.1 Å². The molecule has 2 heterocycles. The van der Waals surface area contributed by atoms with E-state index in [9.17, 15) is 0 Å². The summed E-state index contributed by atoms with van der Waals surface area (Å²) in [6, 6.07) is 2.03. The van der Waals surface area contributed by atoms with Crippen LogP contribution >= 0.6 is 28.1 Å². The molecule has 0 saturated heterocycles. The number of hydrogen-bond donors (Lipinski definition) is 1. The highest BCUT2D eigenvalue weighted by Crippen LogP contribution is 2.36. The minimum atomic E-state index is 0.210. The summed E-state index contributed by atoms with van der Waals surface area (Å²) in [4.78, 5) is 10.2. The molecular formula is C14H19BrN4S. The zero-order valence-corrected chi connectivity index (χ0v) is 14.2. The molecule has 1 aliphatic carbocycles. The number of rotatable bonds is 3. The van der Waals surface area contributed by atoms with E-state index >= 15 is 0 Å². The summed E-state index contributed by atoms with van der Waals surface area (Å²) in [6.45, 7) is 0.910. The molecule has 20 heavy (non-hydrogen) atoms. The maximum absolute atomic E-state index is 5.50. The van der Waals surface area contributed by atoms with Crippen molar-refractivity contribution in [2.45, 2.75) is 37.8 Å². The third kappa shape index (κ3) is 2.34. The first-order valence-corrected chi connectivity index (χ1v) is 8.13. The number of nitrogens with zero attached hydrogens (tertiary/aromatic N) is 3. The summed E-state index contributed by atoms with van der Waals surface area (Å²) in [6.07, 6.45) is 6.88. The van der Waals surface area contributed by atoms with Crippen LogP contribution in [0.3, 0.4) is 0 Å². The van der Waals surface area contributed by atoms with Crippen LogP contribution in [-0.4, -0.2) is 39.1 Å². The Balaban J connectivity index is 2.06. The van der Waals surface area contributed by atoms with E-state index in [0.29, 0.717) is 0 Å². The number of H-pyrrole nitrogens is 1. The van der Waals surface area contributed by atoms with Gasteiger partial charge in [-0.2, -0.15) is 0 Å². The van der Waals surface area contributed by atoms with Crippen molar-refractivity contribution < 1.29 is 0 Å². The van der Waals surface area contributed by atoms with Crippen LogP contribution in [0, 0.1) is 4.77 Å². The average Bonchev–Trinajstić information content (AvgIpc) is 2.96. The average molecular weight is 355 g/mol. The van der Waals surface area contributed by atoms with Crippen LogP contribution in [0.15, 0.2) is 16.7 Å². The molecule has 0 spiro atoms. The molecule has 1 fully saturated rings. The predicted molar refractivity (Wildman–Crippen MR) is 87.5 cm³/mol. The predicted octanol–water partition coefficient (Wildman–Crippen LogP) is 3.73. The summed E-state index contributed by atoms with van der Waals surface area (Å²) in [7, 11) is 4.35. The summed E-state index contributed by atoms with van der Waals surface area (Å²) < 4.78 is 3.89. The Morgan fingerprint density at radius 2 is 2.15 bits per heavy atom. The summed E-state index contributed by atoms with van der Waals surface area (Å²) in [5.41, 5.74) is 2.16. The van der Waals surface area contributed by atoms with Crippen LogP contribution in [0.1, 0.15) is 25.7 Å². The third-order valence-electron chi connectivity index (χ3n) is 4.51. The zero-order valence-electron chi connectivity index (χ0n) is 11.8. The van der Waals surface area contributed by atoms with E-state index in [1.165, 1.54) is 25.7 Å². The Labute approximate surface area is 132 Å². The molecule has 4 nitrogen and oxygen atoms in total. The van der Waals surface area contributed by atoms with Gasteiger partial charge >= 0.3 is 0 Å². The second kappa shape index (κ2) is 5.24. The normalized spacial score (nSPS) is 18.2. The SMILES string of the molecule is CN(C)C1(Cn2c(=S)[nH]c3cc(Br)cnc32)CCCC1. The van der Waals surface area contributed by atoms with Gasteiger partial charge in [0, 0.05) is 22.8 Å². The number of nitrogens with one attached hydrogen (secondary N) is 1. The highest BCUT2D eigenvalue weighted by atomic mass is 79.9. The first kappa shape index (κ1) is 14.2. The third-order valence-corrected chi connectivity index (χ3v) is 5.27. The molecule has 0 aliphatic heterocycles. The van der Waals surface area contributed by atoms with Gasteiger partial charge in [-0.3, -0.25) is 4.57 Å².